The number of nitrogens with one attached hydrogen (secondary N) is 2. The van der Waals surface area contributed by atoms with Crippen molar-refractivity contribution in [3.8, 4) is 11.1 Å². The molecule has 6 nitrogen and oxygen atoms in total. The van der Waals surface area contributed by atoms with Gasteiger partial charge in [-0.15, -0.1) is 11.3 Å². The van der Waals surface area contributed by atoms with Gasteiger partial charge in [0.05, 0.1) is 17.5 Å². The van der Waals surface area contributed by atoms with Crippen molar-refractivity contribution in [3.63, 3.8) is 0 Å². The lowest BCUT2D eigenvalue weighted by molar-refractivity contribution is 0.00707. The van der Waals surface area contributed by atoms with Crippen LogP contribution in [0.15, 0.2) is 72.1 Å². The van der Waals surface area contributed by atoms with Gasteiger partial charge in [0.15, 0.2) is 0 Å². The Hall–Kier alpha value is -3.36. The maximum atomic E-state index is 12.9. The summed E-state index contributed by atoms with van der Waals surface area (Å²) in [5, 5.41) is 6.56. The van der Waals surface area contributed by atoms with E-state index in [2.05, 4.69) is 16.1 Å². The van der Waals surface area contributed by atoms with Crippen molar-refractivity contribution >= 4 is 54.5 Å². The van der Waals surface area contributed by atoms with Crippen LogP contribution in [0.25, 0.3) is 21.2 Å². The SMILES string of the molecule is CC(C)(C)OC(=O)c1ccc(-c2ccc(NS(C)(=O)=O)cc2)cc1Nc1ccc2sccc2c1. The molecule has 0 spiro atoms. The van der Waals surface area contributed by atoms with Crippen LogP contribution in [0.5, 0.6) is 0 Å². The van der Waals surface area contributed by atoms with Gasteiger partial charge in [-0.05, 0) is 91.2 Å². The van der Waals surface area contributed by atoms with E-state index in [9.17, 15) is 13.2 Å². The van der Waals surface area contributed by atoms with E-state index < -0.39 is 21.6 Å². The molecule has 0 aliphatic heterocycles. The number of thiophene rings is 1. The van der Waals surface area contributed by atoms with E-state index in [0.29, 0.717) is 16.9 Å². The van der Waals surface area contributed by atoms with E-state index in [1.807, 2.05) is 68.6 Å². The largest absolute Gasteiger partial charge is 0.456 e. The highest BCUT2D eigenvalue weighted by molar-refractivity contribution is 7.92. The minimum absolute atomic E-state index is 0.411. The normalized spacial score (nSPS) is 11.9. The molecule has 0 aliphatic carbocycles. The Balaban J connectivity index is 1.71. The van der Waals surface area contributed by atoms with Crippen LogP contribution in [-0.4, -0.2) is 26.2 Å². The van der Waals surface area contributed by atoms with Crippen molar-refractivity contribution in [1.29, 1.82) is 0 Å². The van der Waals surface area contributed by atoms with Gasteiger partial charge in [0.25, 0.3) is 0 Å². The van der Waals surface area contributed by atoms with Gasteiger partial charge < -0.3 is 10.1 Å². The Morgan fingerprint density at radius 1 is 0.882 bits per heavy atom. The zero-order chi connectivity index (χ0) is 24.5. The fraction of sp³-hybridized carbons (Fsp3) is 0.192. The number of sulfonamides is 1. The second kappa shape index (κ2) is 9.12. The van der Waals surface area contributed by atoms with Crippen LogP contribution in [0.2, 0.25) is 0 Å². The number of ether oxygens (including phenoxy) is 1. The molecule has 3 aromatic carbocycles. The maximum Gasteiger partial charge on any atom is 0.340 e. The number of benzene rings is 3. The van der Waals surface area contributed by atoms with Gasteiger partial charge >= 0.3 is 5.97 Å². The molecule has 176 valence electrons. The molecule has 0 radical (unpaired) electrons. The molecule has 0 amide bonds. The molecule has 4 aromatic rings. The van der Waals surface area contributed by atoms with Gasteiger partial charge in [-0.2, -0.15) is 0 Å². The van der Waals surface area contributed by atoms with Crippen LogP contribution in [0.3, 0.4) is 0 Å². The lowest BCUT2D eigenvalue weighted by Gasteiger charge is -2.21. The minimum Gasteiger partial charge on any atom is -0.456 e. The van der Waals surface area contributed by atoms with Crippen LogP contribution in [-0.2, 0) is 14.8 Å². The monoisotopic (exact) mass is 494 g/mol. The number of carbonyl (C=O) groups is 1. The molecule has 0 saturated heterocycles. The first kappa shape index (κ1) is 23.8. The molecular formula is C26H26N2O4S2. The number of rotatable bonds is 6. The van der Waals surface area contributed by atoms with Gasteiger partial charge in [0.1, 0.15) is 5.60 Å². The molecule has 0 saturated carbocycles. The number of anilines is 3. The molecule has 1 aromatic heterocycles. The Bertz CT molecular complexity index is 1450. The van der Waals surface area contributed by atoms with E-state index >= 15 is 0 Å². The molecule has 4 rings (SSSR count). The second-order valence-corrected chi connectivity index (χ2v) is 11.7. The summed E-state index contributed by atoms with van der Waals surface area (Å²) in [5.41, 5.74) is 3.53. The number of carbonyl (C=O) groups excluding carboxylic acids is 1. The van der Waals surface area contributed by atoms with Crippen molar-refractivity contribution in [1.82, 2.24) is 0 Å². The quantitative estimate of drug-likeness (QED) is 0.294. The highest BCUT2D eigenvalue weighted by atomic mass is 32.2. The molecule has 34 heavy (non-hydrogen) atoms. The Labute approximate surface area is 203 Å². The maximum absolute atomic E-state index is 12.9. The molecule has 0 unspecified atom stereocenters. The highest BCUT2D eigenvalue weighted by Gasteiger charge is 2.21. The first-order chi connectivity index (χ1) is 16.0. The standard InChI is InChI=1S/C26H26N2O4S2/c1-26(2,3)32-25(29)22-11-7-18(17-5-8-20(9-6-17)28-34(4,30)31)16-23(22)27-21-10-12-24-19(15-21)13-14-33-24/h5-16,27-28H,1-4H3. The summed E-state index contributed by atoms with van der Waals surface area (Å²) < 4.78 is 32.2. The van der Waals surface area contributed by atoms with Crippen LogP contribution >= 0.6 is 11.3 Å². The van der Waals surface area contributed by atoms with Gasteiger partial charge in [0, 0.05) is 16.1 Å². The summed E-state index contributed by atoms with van der Waals surface area (Å²) in [6.07, 6.45) is 1.11. The van der Waals surface area contributed by atoms with E-state index in [1.165, 1.54) is 4.70 Å². The summed E-state index contributed by atoms with van der Waals surface area (Å²) in [5.74, 6) is -0.411. The average molecular weight is 495 g/mol. The van der Waals surface area contributed by atoms with Gasteiger partial charge in [-0.1, -0.05) is 18.2 Å². The zero-order valence-electron chi connectivity index (χ0n) is 19.4. The first-order valence-corrected chi connectivity index (χ1v) is 13.4. The predicted molar refractivity (Wildman–Crippen MR) is 141 cm³/mol. The fourth-order valence-corrected chi connectivity index (χ4v) is 4.82. The van der Waals surface area contributed by atoms with Crippen molar-refractivity contribution in [3.05, 3.63) is 77.7 Å². The number of hydrogen-bond donors (Lipinski definition) is 2. The Kier molecular flexibility index (Phi) is 6.38. The summed E-state index contributed by atoms with van der Waals surface area (Å²) in [4.78, 5) is 12.9. The third-order valence-corrected chi connectivity index (χ3v) is 6.40. The smallest absolute Gasteiger partial charge is 0.340 e. The Morgan fingerprint density at radius 3 is 2.24 bits per heavy atom. The third kappa shape index (κ3) is 5.95. The van der Waals surface area contributed by atoms with Crippen molar-refractivity contribution in [2.24, 2.45) is 0 Å². The summed E-state index contributed by atoms with van der Waals surface area (Å²) >= 11 is 1.68. The van der Waals surface area contributed by atoms with Crippen LogP contribution in [0.4, 0.5) is 17.1 Å². The van der Waals surface area contributed by atoms with Gasteiger partial charge in [-0.3, -0.25) is 4.72 Å². The molecule has 0 bridgehead atoms. The number of fused-ring (bicyclic) bond motifs is 1. The van der Waals surface area contributed by atoms with Crippen molar-refractivity contribution < 1.29 is 17.9 Å². The van der Waals surface area contributed by atoms with Crippen LogP contribution < -0.4 is 10.0 Å². The second-order valence-electron chi connectivity index (χ2n) is 9.01. The zero-order valence-corrected chi connectivity index (χ0v) is 21.0. The highest BCUT2D eigenvalue weighted by Crippen LogP contribution is 2.32. The molecule has 0 aliphatic rings. The molecule has 0 atom stereocenters. The van der Waals surface area contributed by atoms with Gasteiger partial charge in [-0.25, -0.2) is 13.2 Å². The predicted octanol–water partition coefficient (Wildman–Crippen LogP) is 6.64. The summed E-state index contributed by atoms with van der Waals surface area (Å²) in [7, 11) is -3.35. The fourth-order valence-electron chi connectivity index (χ4n) is 3.48. The lowest BCUT2D eigenvalue weighted by atomic mass is 10.0. The van der Waals surface area contributed by atoms with E-state index in [4.69, 9.17) is 4.74 Å². The van der Waals surface area contributed by atoms with Crippen molar-refractivity contribution in [2.45, 2.75) is 26.4 Å². The molecule has 1 heterocycles. The minimum atomic E-state index is -3.35. The summed E-state index contributed by atoms with van der Waals surface area (Å²) in [6.45, 7) is 5.51. The lowest BCUT2D eigenvalue weighted by Crippen LogP contribution is -2.24. The van der Waals surface area contributed by atoms with Crippen molar-refractivity contribution in [2.75, 3.05) is 16.3 Å². The Morgan fingerprint density at radius 2 is 1.56 bits per heavy atom. The third-order valence-electron chi connectivity index (χ3n) is 4.89. The van der Waals surface area contributed by atoms with E-state index in [-0.39, 0.29) is 0 Å². The topological polar surface area (TPSA) is 84.5 Å². The van der Waals surface area contributed by atoms with Crippen LogP contribution in [0.1, 0.15) is 31.1 Å². The summed E-state index contributed by atoms with van der Waals surface area (Å²) in [6, 6.07) is 20.7. The number of hydrogen-bond acceptors (Lipinski definition) is 6. The average Bonchev–Trinajstić information content (AvgIpc) is 3.20. The molecule has 0 fully saturated rings. The first-order valence-electron chi connectivity index (χ1n) is 10.7. The number of esters is 1. The molecular weight excluding hydrogens is 468 g/mol. The van der Waals surface area contributed by atoms with Crippen LogP contribution in [0, 0.1) is 0 Å². The van der Waals surface area contributed by atoms with Gasteiger partial charge in [0.2, 0.25) is 10.0 Å². The molecule has 2 N–H and O–H groups in total. The van der Waals surface area contributed by atoms with E-state index in [1.54, 1.807) is 29.5 Å². The van der Waals surface area contributed by atoms with E-state index in [0.717, 1.165) is 28.5 Å². The molecule has 8 heteroatoms.